The van der Waals surface area contributed by atoms with Gasteiger partial charge in [0.2, 0.25) is 0 Å². The maximum absolute atomic E-state index is 14.7. The van der Waals surface area contributed by atoms with Crippen LogP contribution in [0.15, 0.2) is 35.9 Å². The zero-order valence-electron chi connectivity index (χ0n) is 20.2. The average molecular weight is 548 g/mol. The van der Waals surface area contributed by atoms with E-state index in [9.17, 15) is 14.0 Å². The molecule has 0 bridgehead atoms. The molecule has 2 unspecified atom stereocenters. The van der Waals surface area contributed by atoms with Gasteiger partial charge in [0.25, 0.3) is 0 Å². The molecule has 4 rings (SSSR count). The third-order valence-electron chi connectivity index (χ3n) is 7.14. The van der Waals surface area contributed by atoms with Crippen LogP contribution in [-0.2, 0) is 14.3 Å². The summed E-state index contributed by atoms with van der Waals surface area (Å²) in [6.45, 7) is 6.17. The number of nitrogens with zero attached hydrogens (tertiary/aromatic N) is 2. The molecule has 0 radical (unpaired) electrons. The Balaban J connectivity index is 0.00000216. The highest BCUT2D eigenvalue weighted by molar-refractivity contribution is 7.81. The first kappa shape index (κ1) is 30.1. The number of hydrogen-bond acceptors (Lipinski definition) is 6. The summed E-state index contributed by atoms with van der Waals surface area (Å²) in [4.78, 5) is 29.7. The largest absolute Gasteiger partial charge is 0.466 e. The Morgan fingerprint density at radius 1 is 1.09 bits per heavy atom. The van der Waals surface area contributed by atoms with Gasteiger partial charge < -0.3 is 4.74 Å². The standard InChI is InChI=1S/C26H35FN2O3S.2ClH/c1-2-32-26(31)19-9-13-28(14-10-19)15-11-20-17-29(16-12-23(20)33)24(25(30)18-7-8-18)21-5-3-4-6-22(21)27;;/h3-6,11,18-19,23-24,33H,2,7-10,12-17H2,1H3;2*1H. The smallest absolute Gasteiger partial charge is 0.309 e. The molecule has 3 aliphatic rings. The molecule has 5 nitrogen and oxygen atoms in total. The highest BCUT2D eigenvalue weighted by Crippen LogP contribution is 2.39. The number of esters is 1. The quantitative estimate of drug-likeness (QED) is 0.285. The van der Waals surface area contributed by atoms with Crippen LogP contribution in [0.25, 0.3) is 0 Å². The van der Waals surface area contributed by atoms with Crippen molar-refractivity contribution in [2.24, 2.45) is 11.8 Å². The summed E-state index contributed by atoms with van der Waals surface area (Å²) < 4.78 is 19.9. The van der Waals surface area contributed by atoms with Gasteiger partial charge in [-0.2, -0.15) is 12.6 Å². The molecule has 9 heteroatoms. The minimum Gasteiger partial charge on any atom is -0.466 e. The van der Waals surface area contributed by atoms with Crippen molar-refractivity contribution in [3.8, 4) is 0 Å². The fraction of sp³-hybridized carbons (Fsp3) is 0.615. The van der Waals surface area contributed by atoms with Crippen LogP contribution in [0.3, 0.4) is 0 Å². The molecular weight excluding hydrogens is 510 g/mol. The zero-order valence-corrected chi connectivity index (χ0v) is 22.8. The second-order valence-corrected chi connectivity index (χ2v) is 10.1. The van der Waals surface area contributed by atoms with E-state index in [1.54, 1.807) is 12.1 Å². The maximum Gasteiger partial charge on any atom is 0.309 e. The number of ketones is 1. The molecule has 0 amide bonds. The van der Waals surface area contributed by atoms with E-state index in [1.807, 2.05) is 13.0 Å². The number of halogens is 3. The molecule has 0 N–H and O–H groups in total. The molecule has 1 aromatic carbocycles. The molecule has 196 valence electrons. The summed E-state index contributed by atoms with van der Waals surface area (Å²) in [5.41, 5.74) is 1.69. The number of piperidine rings is 2. The van der Waals surface area contributed by atoms with Gasteiger partial charge >= 0.3 is 5.97 Å². The van der Waals surface area contributed by atoms with E-state index in [-0.39, 0.29) is 59.5 Å². The topological polar surface area (TPSA) is 49.9 Å². The minimum atomic E-state index is -0.525. The number of benzene rings is 1. The summed E-state index contributed by atoms with van der Waals surface area (Å²) in [6.07, 6.45) is 6.54. The van der Waals surface area contributed by atoms with Gasteiger partial charge in [-0.05, 0) is 63.8 Å². The summed E-state index contributed by atoms with van der Waals surface area (Å²) in [7, 11) is 0. The number of hydrogen-bond donors (Lipinski definition) is 1. The number of Topliss-reactive ketones (excluding diaryl/α,β-unsaturated/α-hetero) is 1. The van der Waals surface area contributed by atoms with Crippen molar-refractivity contribution in [3.05, 3.63) is 47.3 Å². The lowest BCUT2D eigenvalue weighted by Gasteiger charge is -2.38. The summed E-state index contributed by atoms with van der Waals surface area (Å²) in [5.74, 6) is -0.158. The van der Waals surface area contributed by atoms with Crippen molar-refractivity contribution in [3.63, 3.8) is 0 Å². The highest BCUT2D eigenvalue weighted by Gasteiger charge is 2.40. The van der Waals surface area contributed by atoms with Crippen LogP contribution in [-0.4, -0.2) is 66.1 Å². The van der Waals surface area contributed by atoms with Crippen molar-refractivity contribution in [1.82, 2.24) is 9.80 Å². The first-order chi connectivity index (χ1) is 16.0. The molecule has 35 heavy (non-hydrogen) atoms. The van der Waals surface area contributed by atoms with Gasteiger partial charge in [-0.25, -0.2) is 4.39 Å². The maximum atomic E-state index is 14.7. The van der Waals surface area contributed by atoms with Crippen molar-refractivity contribution in [2.75, 3.05) is 39.3 Å². The Kier molecular flexibility index (Phi) is 12.0. The van der Waals surface area contributed by atoms with Crippen LogP contribution in [0.5, 0.6) is 0 Å². The van der Waals surface area contributed by atoms with E-state index >= 15 is 0 Å². The summed E-state index contributed by atoms with van der Waals surface area (Å²) in [6, 6.07) is 6.17. The Labute approximate surface area is 226 Å². The zero-order chi connectivity index (χ0) is 23.4. The van der Waals surface area contributed by atoms with E-state index < -0.39 is 6.04 Å². The van der Waals surface area contributed by atoms with Crippen molar-refractivity contribution in [2.45, 2.75) is 50.3 Å². The molecule has 0 aromatic heterocycles. The Morgan fingerprint density at radius 2 is 1.77 bits per heavy atom. The van der Waals surface area contributed by atoms with Gasteiger partial charge in [0.1, 0.15) is 5.82 Å². The number of likely N-dealkylation sites (tertiary alicyclic amines) is 2. The van der Waals surface area contributed by atoms with Crippen molar-refractivity contribution in [1.29, 1.82) is 0 Å². The number of carbonyl (C=O) groups excluding carboxylic acids is 2. The third-order valence-corrected chi connectivity index (χ3v) is 7.73. The van der Waals surface area contributed by atoms with Gasteiger partial charge in [-0.15, -0.1) is 24.8 Å². The fourth-order valence-corrected chi connectivity index (χ4v) is 5.29. The molecule has 1 aromatic rings. The fourth-order valence-electron chi connectivity index (χ4n) is 4.99. The lowest BCUT2D eigenvalue weighted by molar-refractivity contribution is -0.149. The van der Waals surface area contributed by atoms with Crippen LogP contribution in [0.4, 0.5) is 4.39 Å². The Hall–Kier alpha value is -1.12. The molecule has 2 heterocycles. The Bertz CT molecular complexity index is 891. The number of ether oxygens (including phenoxy) is 1. The first-order valence-electron chi connectivity index (χ1n) is 12.3. The lowest BCUT2D eigenvalue weighted by atomic mass is 9.93. The molecule has 3 fully saturated rings. The second kappa shape index (κ2) is 14.0. The normalized spacial score (nSPS) is 23.7. The van der Waals surface area contributed by atoms with Crippen molar-refractivity contribution < 1.29 is 18.7 Å². The van der Waals surface area contributed by atoms with E-state index in [0.717, 1.165) is 58.3 Å². The van der Waals surface area contributed by atoms with E-state index in [2.05, 4.69) is 15.9 Å². The van der Waals surface area contributed by atoms with E-state index in [1.165, 1.54) is 11.6 Å². The van der Waals surface area contributed by atoms with Gasteiger partial charge in [-0.3, -0.25) is 19.4 Å². The van der Waals surface area contributed by atoms with E-state index in [0.29, 0.717) is 18.7 Å². The SMILES string of the molecule is CCOC(=O)C1CCN(CC=C2CN(C(C(=O)C3CC3)c3ccccc3F)CCC2S)CC1.Cl.Cl. The molecule has 2 aliphatic heterocycles. The number of carbonyl (C=O) groups is 2. The average Bonchev–Trinajstić information content (AvgIpc) is 3.66. The predicted molar refractivity (Wildman–Crippen MR) is 144 cm³/mol. The summed E-state index contributed by atoms with van der Waals surface area (Å²) >= 11 is 4.81. The predicted octanol–water partition coefficient (Wildman–Crippen LogP) is 4.90. The molecule has 1 saturated carbocycles. The van der Waals surface area contributed by atoms with Crippen LogP contribution in [0.1, 0.15) is 50.6 Å². The van der Waals surface area contributed by atoms with E-state index in [4.69, 9.17) is 17.4 Å². The second-order valence-electron chi connectivity index (χ2n) is 9.48. The highest BCUT2D eigenvalue weighted by atomic mass is 35.5. The van der Waals surface area contributed by atoms with Gasteiger partial charge in [0.15, 0.2) is 5.78 Å². The van der Waals surface area contributed by atoms with Crippen LogP contribution >= 0.6 is 37.4 Å². The molecule has 2 saturated heterocycles. The lowest BCUT2D eigenvalue weighted by Crippen LogP contribution is -2.43. The Morgan fingerprint density at radius 3 is 2.40 bits per heavy atom. The van der Waals surface area contributed by atoms with Gasteiger partial charge in [0, 0.05) is 36.4 Å². The summed E-state index contributed by atoms with van der Waals surface area (Å²) in [5, 5.41) is 0.149. The van der Waals surface area contributed by atoms with Crippen LogP contribution < -0.4 is 0 Å². The van der Waals surface area contributed by atoms with Crippen molar-refractivity contribution >= 4 is 49.2 Å². The first-order valence-corrected chi connectivity index (χ1v) is 12.8. The monoisotopic (exact) mass is 546 g/mol. The van der Waals surface area contributed by atoms with Gasteiger partial charge in [-0.1, -0.05) is 24.3 Å². The third kappa shape index (κ3) is 7.68. The van der Waals surface area contributed by atoms with Crippen LogP contribution in [0.2, 0.25) is 0 Å². The van der Waals surface area contributed by atoms with Crippen LogP contribution in [0, 0.1) is 17.7 Å². The molecule has 2 atom stereocenters. The number of thiol groups is 1. The molecule has 0 spiro atoms. The molecule has 1 aliphatic carbocycles. The molecular formula is C26H37Cl2FN2O3S. The number of rotatable bonds is 8. The van der Waals surface area contributed by atoms with Gasteiger partial charge in [0.05, 0.1) is 18.6 Å². The minimum absolute atomic E-state index is 0.